The van der Waals surface area contributed by atoms with E-state index in [1.165, 1.54) is 11.1 Å². The minimum atomic E-state index is 0.328. The largest absolute Gasteiger partial charge is 0.508 e. The Hall–Kier alpha value is -1.80. The maximum atomic E-state index is 9.28. The van der Waals surface area contributed by atoms with Gasteiger partial charge >= 0.3 is 0 Å². The molecule has 0 aliphatic carbocycles. The molecule has 0 fully saturated rings. The van der Waals surface area contributed by atoms with Gasteiger partial charge in [0.15, 0.2) is 0 Å². The molecule has 0 spiro atoms. The summed E-state index contributed by atoms with van der Waals surface area (Å²) < 4.78 is 0. The zero-order chi connectivity index (χ0) is 13.7. The summed E-state index contributed by atoms with van der Waals surface area (Å²) in [4.78, 5) is 2.35. The van der Waals surface area contributed by atoms with E-state index in [0.29, 0.717) is 11.8 Å². The van der Waals surface area contributed by atoms with Crippen LogP contribution in [0.5, 0.6) is 5.75 Å². The molecule has 0 aromatic heterocycles. The molecule has 19 heavy (non-hydrogen) atoms. The molecule has 2 aromatic rings. The van der Waals surface area contributed by atoms with E-state index < -0.39 is 0 Å². The maximum absolute atomic E-state index is 9.28. The number of rotatable bonds is 5. The van der Waals surface area contributed by atoms with E-state index in [4.69, 9.17) is 0 Å². The van der Waals surface area contributed by atoms with Gasteiger partial charge in [-0.15, -0.1) is 0 Å². The van der Waals surface area contributed by atoms with Crippen molar-refractivity contribution in [3.8, 4) is 5.75 Å². The zero-order valence-electron chi connectivity index (χ0n) is 11.6. The summed E-state index contributed by atoms with van der Waals surface area (Å²) in [5.74, 6) is 0.328. The third-order valence-corrected chi connectivity index (χ3v) is 3.49. The quantitative estimate of drug-likeness (QED) is 0.884. The van der Waals surface area contributed by atoms with E-state index in [-0.39, 0.29) is 0 Å². The first kappa shape index (κ1) is 13.6. The lowest BCUT2D eigenvalue weighted by molar-refractivity contribution is 0.248. The highest BCUT2D eigenvalue weighted by atomic mass is 16.3. The average molecular weight is 255 g/mol. The molecule has 2 heteroatoms. The number of hydrogen-bond donors (Lipinski definition) is 1. The first-order valence-corrected chi connectivity index (χ1v) is 6.67. The van der Waals surface area contributed by atoms with Crippen LogP contribution in [0.4, 0.5) is 0 Å². The lowest BCUT2D eigenvalue weighted by Crippen LogP contribution is -2.30. The Morgan fingerprint density at radius 3 is 2.21 bits per heavy atom. The summed E-state index contributed by atoms with van der Waals surface area (Å²) in [6.45, 7) is 3.19. The first-order valence-electron chi connectivity index (χ1n) is 6.67. The molecule has 1 unspecified atom stereocenters. The van der Waals surface area contributed by atoms with E-state index in [2.05, 4.69) is 43.1 Å². The van der Waals surface area contributed by atoms with E-state index >= 15 is 0 Å². The highest BCUT2D eigenvalue weighted by Crippen LogP contribution is 2.14. The van der Waals surface area contributed by atoms with E-state index in [0.717, 1.165) is 13.0 Å². The third kappa shape index (κ3) is 4.11. The smallest absolute Gasteiger partial charge is 0.115 e. The minimum Gasteiger partial charge on any atom is -0.508 e. The normalized spacial score (nSPS) is 12.6. The van der Waals surface area contributed by atoms with Gasteiger partial charge in [0.05, 0.1) is 0 Å². The van der Waals surface area contributed by atoms with Crippen molar-refractivity contribution in [3.63, 3.8) is 0 Å². The second kappa shape index (κ2) is 6.39. The van der Waals surface area contributed by atoms with Gasteiger partial charge in [0.25, 0.3) is 0 Å². The maximum Gasteiger partial charge on any atom is 0.115 e. The molecule has 0 saturated heterocycles. The molecular weight excluding hydrogens is 234 g/mol. The Morgan fingerprint density at radius 2 is 1.58 bits per heavy atom. The second-order valence-corrected chi connectivity index (χ2v) is 5.12. The fraction of sp³-hybridized carbons (Fsp3) is 0.294. The molecule has 100 valence electrons. The summed E-state index contributed by atoms with van der Waals surface area (Å²) in [6, 6.07) is 18.5. The standard InChI is InChI=1S/C17H21NO/c1-14(12-15-8-10-17(19)11-9-15)18(2)13-16-6-4-3-5-7-16/h3-11,14,19H,12-13H2,1-2H3. The van der Waals surface area contributed by atoms with Crippen LogP contribution in [-0.2, 0) is 13.0 Å². The molecule has 0 aliphatic rings. The van der Waals surface area contributed by atoms with Crippen LogP contribution in [0.3, 0.4) is 0 Å². The number of phenolic OH excluding ortho intramolecular Hbond substituents is 1. The van der Waals surface area contributed by atoms with Gasteiger partial charge in [-0.05, 0) is 43.7 Å². The molecule has 0 aliphatic heterocycles. The average Bonchev–Trinajstić information content (AvgIpc) is 2.42. The van der Waals surface area contributed by atoms with Gasteiger partial charge in [0.2, 0.25) is 0 Å². The lowest BCUT2D eigenvalue weighted by atomic mass is 10.1. The lowest BCUT2D eigenvalue weighted by Gasteiger charge is -2.25. The van der Waals surface area contributed by atoms with Crippen LogP contribution < -0.4 is 0 Å². The summed E-state index contributed by atoms with van der Waals surface area (Å²) in [5, 5.41) is 9.28. The van der Waals surface area contributed by atoms with Gasteiger partial charge in [0.1, 0.15) is 5.75 Å². The summed E-state index contributed by atoms with van der Waals surface area (Å²) >= 11 is 0. The Balaban J connectivity index is 1.92. The molecule has 0 radical (unpaired) electrons. The predicted molar refractivity (Wildman–Crippen MR) is 79.2 cm³/mol. The van der Waals surface area contributed by atoms with E-state index in [1.807, 2.05) is 18.2 Å². The van der Waals surface area contributed by atoms with Crippen LogP contribution in [0, 0.1) is 0 Å². The van der Waals surface area contributed by atoms with Gasteiger partial charge in [-0.25, -0.2) is 0 Å². The predicted octanol–water partition coefficient (Wildman–Crippen LogP) is 3.46. The van der Waals surface area contributed by atoms with Crippen LogP contribution in [-0.4, -0.2) is 23.1 Å². The SMILES string of the molecule is CC(Cc1ccc(O)cc1)N(C)Cc1ccccc1. The number of phenols is 1. The molecule has 0 bridgehead atoms. The van der Waals surface area contributed by atoms with Gasteiger partial charge in [-0.3, -0.25) is 4.90 Å². The second-order valence-electron chi connectivity index (χ2n) is 5.12. The Bertz CT molecular complexity index is 492. The highest BCUT2D eigenvalue weighted by molar-refractivity contribution is 5.26. The van der Waals surface area contributed by atoms with Crippen molar-refractivity contribution in [1.82, 2.24) is 4.90 Å². The van der Waals surface area contributed by atoms with Crippen molar-refractivity contribution >= 4 is 0 Å². The first-order chi connectivity index (χ1) is 9.15. The van der Waals surface area contributed by atoms with Gasteiger partial charge < -0.3 is 5.11 Å². The number of hydrogen-bond acceptors (Lipinski definition) is 2. The monoisotopic (exact) mass is 255 g/mol. The van der Waals surface area contributed by atoms with Crippen LogP contribution in [0.15, 0.2) is 54.6 Å². The summed E-state index contributed by atoms with van der Waals surface area (Å²) in [5.41, 5.74) is 2.59. The topological polar surface area (TPSA) is 23.5 Å². The van der Waals surface area contributed by atoms with Gasteiger partial charge in [-0.1, -0.05) is 42.5 Å². The van der Waals surface area contributed by atoms with Crippen molar-refractivity contribution in [2.75, 3.05) is 7.05 Å². The third-order valence-electron chi connectivity index (χ3n) is 3.49. The number of nitrogens with zero attached hydrogens (tertiary/aromatic N) is 1. The van der Waals surface area contributed by atoms with Gasteiger partial charge in [-0.2, -0.15) is 0 Å². The molecule has 0 saturated carbocycles. The van der Waals surface area contributed by atoms with Crippen molar-refractivity contribution in [3.05, 3.63) is 65.7 Å². The van der Waals surface area contributed by atoms with Crippen molar-refractivity contribution < 1.29 is 5.11 Å². The molecule has 2 nitrogen and oxygen atoms in total. The molecule has 0 amide bonds. The van der Waals surface area contributed by atoms with Crippen molar-refractivity contribution in [1.29, 1.82) is 0 Å². The van der Waals surface area contributed by atoms with Crippen LogP contribution in [0.1, 0.15) is 18.1 Å². The highest BCUT2D eigenvalue weighted by Gasteiger charge is 2.10. The number of aromatic hydroxyl groups is 1. The van der Waals surface area contributed by atoms with E-state index in [9.17, 15) is 5.11 Å². The molecular formula is C17H21NO. The number of likely N-dealkylation sites (N-methyl/N-ethyl adjacent to an activating group) is 1. The fourth-order valence-electron chi connectivity index (χ4n) is 2.16. The summed E-state index contributed by atoms with van der Waals surface area (Å²) in [6.07, 6.45) is 0.990. The summed E-state index contributed by atoms with van der Waals surface area (Å²) in [7, 11) is 2.15. The molecule has 1 atom stereocenters. The Kier molecular flexibility index (Phi) is 4.58. The van der Waals surface area contributed by atoms with Crippen LogP contribution in [0.25, 0.3) is 0 Å². The Morgan fingerprint density at radius 1 is 0.947 bits per heavy atom. The molecule has 1 N–H and O–H groups in total. The fourth-order valence-corrected chi connectivity index (χ4v) is 2.16. The minimum absolute atomic E-state index is 0.328. The molecule has 2 aromatic carbocycles. The molecule has 0 heterocycles. The zero-order valence-corrected chi connectivity index (χ0v) is 11.6. The molecule has 2 rings (SSSR count). The van der Waals surface area contributed by atoms with Crippen LogP contribution >= 0.6 is 0 Å². The number of benzene rings is 2. The van der Waals surface area contributed by atoms with Gasteiger partial charge in [0, 0.05) is 12.6 Å². The van der Waals surface area contributed by atoms with E-state index in [1.54, 1.807) is 12.1 Å². The van der Waals surface area contributed by atoms with Crippen molar-refractivity contribution in [2.45, 2.75) is 25.9 Å². The Labute approximate surface area is 115 Å². The van der Waals surface area contributed by atoms with Crippen LogP contribution in [0.2, 0.25) is 0 Å². The van der Waals surface area contributed by atoms with Crippen molar-refractivity contribution in [2.24, 2.45) is 0 Å².